The molecule has 0 nitrogen and oxygen atoms in total. The summed E-state index contributed by atoms with van der Waals surface area (Å²) in [5, 5.41) is 0. The topological polar surface area (TPSA) is 0 Å². The molecule has 0 saturated carbocycles. The van der Waals surface area contributed by atoms with Crippen molar-refractivity contribution in [3.8, 4) is 0 Å². The molecule has 0 aliphatic heterocycles. The van der Waals surface area contributed by atoms with Gasteiger partial charge in [-0.1, -0.05) is 0 Å². The summed E-state index contributed by atoms with van der Waals surface area (Å²) in [6.45, 7) is 0. The Balaban J connectivity index is 0. The molecule has 26 valence electrons. The first-order valence-electron chi connectivity index (χ1n) is 0. The average Bonchev–Trinajstić information content (AvgIpc) is 0. The SMILES string of the molecule is [Co].[Fe].[Mn].[Zn]. The van der Waals surface area contributed by atoms with E-state index in [1.165, 1.54) is 0 Å². The molecule has 0 aromatic rings. The van der Waals surface area contributed by atoms with Crippen LogP contribution < -0.4 is 0 Å². The molecule has 0 aromatic heterocycles. The van der Waals surface area contributed by atoms with Crippen LogP contribution in [0.2, 0.25) is 0 Å². The van der Waals surface area contributed by atoms with E-state index in [-0.39, 0.29) is 70.4 Å². The Hall–Kier alpha value is 2.17. The van der Waals surface area contributed by atoms with Gasteiger partial charge in [-0.2, -0.15) is 0 Å². The summed E-state index contributed by atoms with van der Waals surface area (Å²) in [5.41, 5.74) is 0. The Bertz CT molecular complexity index is 8.00. The van der Waals surface area contributed by atoms with Crippen molar-refractivity contribution in [2.45, 2.75) is 0 Å². The molecule has 0 aliphatic carbocycles. The monoisotopic (exact) mass is 234 g/mol. The molecule has 4 heteroatoms. The fraction of sp³-hybridized carbons (Fsp3) is 0. The second kappa shape index (κ2) is 19.1. The summed E-state index contributed by atoms with van der Waals surface area (Å²) in [6, 6.07) is 0. The third-order valence-electron chi connectivity index (χ3n) is 0. The van der Waals surface area contributed by atoms with Crippen molar-refractivity contribution in [2.24, 2.45) is 0 Å². The van der Waals surface area contributed by atoms with Gasteiger partial charge in [-0.15, -0.1) is 0 Å². The average molecular weight is 235 g/mol. The van der Waals surface area contributed by atoms with Crippen molar-refractivity contribution in [1.82, 2.24) is 0 Å². The van der Waals surface area contributed by atoms with Gasteiger partial charge in [-0.05, 0) is 0 Å². The molecule has 0 fully saturated rings. The summed E-state index contributed by atoms with van der Waals surface area (Å²) in [7, 11) is 0. The van der Waals surface area contributed by atoms with E-state index in [2.05, 4.69) is 0 Å². The molecule has 0 unspecified atom stereocenters. The predicted molar refractivity (Wildman–Crippen MR) is 0 cm³/mol. The molecule has 0 aromatic carbocycles. The molecule has 0 bridgehead atoms. The van der Waals surface area contributed by atoms with Crippen LogP contribution in [0, 0.1) is 0 Å². The van der Waals surface area contributed by atoms with Crippen molar-refractivity contribution in [2.75, 3.05) is 0 Å². The van der Waals surface area contributed by atoms with Crippen LogP contribution in [0.3, 0.4) is 0 Å². The van der Waals surface area contributed by atoms with Gasteiger partial charge in [0.25, 0.3) is 0 Å². The van der Waals surface area contributed by atoms with Gasteiger partial charge in [-0.25, -0.2) is 0 Å². The van der Waals surface area contributed by atoms with Gasteiger partial charge in [0.1, 0.15) is 0 Å². The van der Waals surface area contributed by atoms with Crippen LogP contribution in [0.5, 0.6) is 0 Å². The first kappa shape index (κ1) is 35.0. The molecule has 0 atom stereocenters. The van der Waals surface area contributed by atoms with E-state index in [0.29, 0.717) is 0 Å². The maximum Gasteiger partial charge on any atom is 0 e. The zero-order chi connectivity index (χ0) is 0. The second-order valence-electron chi connectivity index (χ2n) is 0. The van der Waals surface area contributed by atoms with Crippen LogP contribution in [0.15, 0.2) is 0 Å². The number of hydrogen-bond acceptors (Lipinski definition) is 0. The van der Waals surface area contributed by atoms with Crippen molar-refractivity contribution >= 4 is 0 Å². The second-order valence-corrected chi connectivity index (χ2v) is 0. The summed E-state index contributed by atoms with van der Waals surface area (Å²) >= 11 is 0. The standard InChI is InChI=1S/Co.Fe.Mn.Zn. The Morgan fingerprint density at radius 2 is 1.00 bits per heavy atom. The minimum absolute atomic E-state index is 0. The zero-order valence-corrected chi connectivity index (χ0v) is 8.06. The van der Waals surface area contributed by atoms with E-state index in [1.54, 1.807) is 0 Å². The van der Waals surface area contributed by atoms with Crippen molar-refractivity contribution in [1.29, 1.82) is 0 Å². The van der Waals surface area contributed by atoms with Crippen molar-refractivity contribution in [3.05, 3.63) is 0 Å². The normalized spacial score (nSPS) is 0. The van der Waals surface area contributed by atoms with Gasteiger partial charge < -0.3 is 0 Å². The molecule has 0 aliphatic rings. The quantitative estimate of drug-likeness (QED) is 0.518. The van der Waals surface area contributed by atoms with Gasteiger partial charge in [0.2, 0.25) is 0 Å². The largest absolute Gasteiger partial charge is 0 e. The molecular formula is CoFeMnZn. The summed E-state index contributed by atoms with van der Waals surface area (Å²) < 4.78 is 0. The maximum atomic E-state index is 0. The molecule has 0 saturated heterocycles. The first-order valence-corrected chi connectivity index (χ1v) is 0. The molecule has 4 heavy (non-hydrogen) atoms. The minimum Gasteiger partial charge on any atom is 0 e. The van der Waals surface area contributed by atoms with E-state index in [9.17, 15) is 0 Å². The number of rotatable bonds is 0. The van der Waals surface area contributed by atoms with Gasteiger partial charge >= 0.3 is 0 Å². The van der Waals surface area contributed by atoms with Crippen LogP contribution in [-0.2, 0) is 70.4 Å². The van der Waals surface area contributed by atoms with Gasteiger partial charge in [0.05, 0.1) is 0 Å². The number of hydrogen-bond donors (Lipinski definition) is 0. The van der Waals surface area contributed by atoms with E-state index < -0.39 is 0 Å². The molecule has 0 amide bonds. The molecule has 0 spiro atoms. The molecular weight excluding hydrogens is 235 g/mol. The summed E-state index contributed by atoms with van der Waals surface area (Å²) in [4.78, 5) is 0. The van der Waals surface area contributed by atoms with E-state index in [0.717, 1.165) is 0 Å². The van der Waals surface area contributed by atoms with Crippen LogP contribution in [0.25, 0.3) is 0 Å². The fourth-order valence-corrected chi connectivity index (χ4v) is 0. The van der Waals surface area contributed by atoms with E-state index in [1.807, 2.05) is 0 Å². The van der Waals surface area contributed by atoms with Crippen molar-refractivity contribution in [3.63, 3.8) is 0 Å². The Kier molecular flexibility index (Phi) is 167. The van der Waals surface area contributed by atoms with Crippen LogP contribution in [-0.4, -0.2) is 0 Å². The summed E-state index contributed by atoms with van der Waals surface area (Å²) in [5.74, 6) is 0. The van der Waals surface area contributed by atoms with Crippen LogP contribution >= 0.6 is 0 Å². The minimum atomic E-state index is 0. The van der Waals surface area contributed by atoms with Crippen LogP contribution in [0.4, 0.5) is 0 Å². The Morgan fingerprint density at radius 3 is 1.00 bits per heavy atom. The summed E-state index contributed by atoms with van der Waals surface area (Å²) in [6.07, 6.45) is 0. The van der Waals surface area contributed by atoms with E-state index >= 15 is 0 Å². The van der Waals surface area contributed by atoms with Gasteiger partial charge in [-0.3, -0.25) is 0 Å². The molecule has 0 rings (SSSR count). The third-order valence-corrected chi connectivity index (χ3v) is 0. The van der Waals surface area contributed by atoms with Crippen LogP contribution in [0.1, 0.15) is 0 Å². The van der Waals surface area contributed by atoms with Crippen molar-refractivity contribution < 1.29 is 70.4 Å². The van der Waals surface area contributed by atoms with E-state index in [4.69, 9.17) is 0 Å². The zero-order valence-electron chi connectivity index (χ0n) is 1.77. The predicted octanol–water partition coefficient (Wildman–Crippen LogP) is -0.0100. The molecule has 2 radical (unpaired) electrons. The Labute approximate surface area is 69.8 Å². The maximum absolute atomic E-state index is 0. The third kappa shape index (κ3) is 8.90. The molecule has 0 N–H and O–H groups in total. The fourth-order valence-electron chi connectivity index (χ4n) is 0. The smallest absolute Gasteiger partial charge is 0 e. The Morgan fingerprint density at radius 1 is 1.00 bits per heavy atom. The first-order chi connectivity index (χ1) is 0. The van der Waals surface area contributed by atoms with Gasteiger partial charge in [0, 0.05) is 70.4 Å². The van der Waals surface area contributed by atoms with Gasteiger partial charge in [0.15, 0.2) is 0 Å². The molecule has 0 heterocycles.